The van der Waals surface area contributed by atoms with Gasteiger partial charge in [-0.15, -0.1) is 145 Å². The maximum atomic E-state index is 5.08. The Morgan fingerprint density at radius 2 is 0.681 bits per heavy atom. The number of nitrogens with zero attached hydrogens (tertiary/aromatic N) is 11. The van der Waals surface area contributed by atoms with Crippen LogP contribution in [0.1, 0.15) is 0 Å². The standard InChI is InChI=1S/2C21H15N2.C21H14N2.C20H13N3.C9H6NO.C9H6NS.2Pt/c2*1-3-7-17(8-4-1)18-11-13-19(14-12-18)20-15-22-23(16-20)21-9-5-2-6-10-21;1-3-7-16(8-4-1)17-11-13-19(14-12-17)21-15-20(22-23-21)18-9-5-2-6-10-18;1-3-7-15(8-4-1)16-11-13-18(14-12-16)20-21-19(22-23-20)17-9-5-2-6-10-17;2*1-2-4-8(5-3-1)9-10-6-7-11-9;;/h2*1-9,11-16H;1-9,11-15H;1-9,11-14H;2*1-4,6-7H;;/q2*-1;2*-2;2*-1;2*+4. The van der Waals surface area contributed by atoms with Crippen LogP contribution in [0.5, 0.6) is 0 Å². The van der Waals surface area contributed by atoms with Crippen LogP contribution in [0.25, 0.3) is 145 Å². The van der Waals surface area contributed by atoms with Crippen molar-refractivity contribution in [1.29, 1.82) is 0 Å². The van der Waals surface area contributed by atoms with Crippen molar-refractivity contribution < 1.29 is 46.5 Å². The molecule has 6 heterocycles. The second-order valence-corrected chi connectivity index (χ2v) is 26.4. The minimum Gasteiger partial charge on any atom is -0.618 e. The minimum absolute atomic E-state index is 0. The van der Waals surface area contributed by atoms with E-state index in [0.717, 1.165) is 83.4 Å². The quantitative estimate of drug-likeness (QED) is 0.0966. The van der Waals surface area contributed by atoms with Crippen LogP contribution < -0.4 is 10.2 Å². The molecule has 0 amide bonds. The number of hydrogen-bond donors (Lipinski definition) is 0. The maximum absolute atomic E-state index is 5.08. The van der Waals surface area contributed by atoms with Gasteiger partial charge in [-0.3, -0.25) is 24.4 Å². The Morgan fingerprint density at radius 3 is 1.07 bits per heavy atom. The summed E-state index contributed by atoms with van der Waals surface area (Å²) in [6.45, 7) is 0. The van der Waals surface area contributed by atoms with Gasteiger partial charge in [0.25, 0.3) is 0 Å². The summed E-state index contributed by atoms with van der Waals surface area (Å²) in [6.07, 6.45) is 12.8. The van der Waals surface area contributed by atoms with Crippen LogP contribution in [0.15, 0.2) is 423 Å². The molecule has 0 unspecified atom stereocenters. The van der Waals surface area contributed by atoms with Gasteiger partial charge in [-0.05, 0) is 78.1 Å². The van der Waals surface area contributed by atoms with E-state index in [1.54, 1.807) is 30.0 Å². The van der Waals surface area contributed by atoms with Crippen LogP contribution >= 0.6 is 11.3 Å². The van der Waals surface area contributed by atoms with Crippen molar-refractivity contribution in [3.8, 4) is 145 Å². The molecule has 0 N–H and O–H groups in total. The summed E-state index contributed by atoms with van der Waals surface area (Å²) < 4.78 is 8.77. The van der Waals surface area contributed by atoms with Crippen molar-refractivity contribution >= 4 is 11.3 Å². The summed E-state index contributed by atoms with van der Waals surface area (Å²) in [5, 5.41) is 28.8. The van der Waals surface area contributed by atoms with Gasteiger partial charge in [0, 0.05) is 51.6 Å². The van der Waals surface area contributed by atoms with Crippen molar-refractivity contribution in [2.45, 2.75) is 0 Å². The normalized spacial score (nSPS) is 10.3. The molecule has 0 saturated carbocycles. The zero-order valence-electron chi connectivity index (χ0n) is 62.2. The Morgan fingerprint density at radius 1 is 0.310 bits per heavy atom. The fraction of sp³-hybridized carbons (Fsp3) is 0. The van der Waals surface area contributed by atoms with Crippen LogP contribution in [0.2, 0.25) is 0 Å². The van der Waals surface area contributed by atoms with Crippen molar-refractivity contribution in [3.63, 3.8) is 0 Å². The van der Waals surface area contributed by atoms with E-state index in [1.165, 1.54) is 44.5 Å². The average Bonchev–Trinajstić information content (AvgIpc) is 1.66. The van der Waals surface area contributed by atoms with Crippen LogP contribution in [0.3, 0.4) is 0 Å². The first-order valence-electron chi connectivity index (χ1n) is 36.8. The summed E-state index contributed by atoms with van der Waals surface area (Å²) >= 11 is 1.63. The zero-order chi connectivity index (χ0) is 77.0. The fourth-order valence-corrected chi connectivity index (χ4v) is 12.7. The summed E-state index contributed by atoms with van der Waals surface area (Å²) in [6, 6.07) is 143. The molecule has 14 aromatic carbocycles. The molecule has 20 aromatic rings. The zero-order valence-corrected chi connectivity index (χ0v) is 67.6. The molecule has 0 spiro atoms. The molecular weight excluding hydrogens is 1810 g/mol. The van der Waals surface area contributed by atoms with E-state index in [9.17, 15) is 0 Å². The molecular formula is C101H69N11OPt2S. The minimum atomic E-state index is 0. The van der Waals surface area contributed by atoms with E-state index < -0.39 is 0 Å². The molecule has 20 rings (SSSR count). The summed E-state index contributed by atoms with van der Waals surface area (Å²) in [5.74, 6) is 1.86. The number of rotatable bonds is 14. The molecule has 0 aliphatic rings. The van der Waals surface area contributed by atoms with Crippen LogP contribution in [0, 0.1) is 36.4 Å². The summed E-state index contributed by atoms with van der Waals surface area (Å²) in [5.41, 5.74) is 23.6. The molecule has 0 saturated heterocycles. The predicted molar refractivity (Wildman–Crippen MR) is 457 cm³/mol. The van der Waals surface area contributed by atoms with Crippen LogP contribution in [0.4, 0.5) is 0 Å². The third-order valence-electron chi connectivity index (χ3n) is 17.9. The van der Waals surface area contributed by atoms with Gasteiger partial charge in [0.1, 0.15) is 5.89 Å². The molecule has 116 heavy (non-hydrogen) atoms. The van der Waals surface area contributed by atoms with Gasteiger partial charge in [-0.1, -0.05) is 230 Å². The Labute approximate surface area is 707 Å². The number of thiazole rings is 1. The van der Waals surface area contributed by atoms with E-state index >= 15 is 0 Å². The summed E-state index contributed by atoms with van der Waals surface area (Å²) in [7, 11) is 0. The summed E-state index contributed by atoms with van der Waals surface area (Å²) in [4.78, 5) is 12.7. The number of oxazole rings is 1. The molecule has 0 bridgehead atoms. The van der Waals surface area contributed by atoms with Gasteiger partial charge in [0.15, 0.2) is 0 Å². The van der Waals surface area contributed by atoms with Crippen molar-refractivity contribution in [3.05, 3.63) is 455 Å². The largest absolute Gasteiger partial charge is 4.00 e. The first-order chi connectivity index (χ1) is 56.5. The Bertz CT molecular complexity index is 5440. The van der Waals surface area contributed by atoms with Crippen molar-refractivity contribution in [1.82, 2.24) is 54.9 Å². The third kappa shape index (κ3) is 21.8. The van der Waals surface area contributed by atoms with E-state index in [4.69, 9.17) is 4.42 Å². The van der Waals surface area contributed by atoms with Gasteiger partial charge in [0.05, 0.1) is 24.9 Å². The molecule has 0 atom stereocenters. The monoisotopic (exact) mass is 1870 g/mol. The SMILES string of the molecule is [Pt+4].[Pt+4].[c-]1ccccc1-c1cc(-c2ccc(-c3ccccc3)cc2)n[n-]1.[c-]1ccccc1-c1nc(-c2ccc(-c3ccccc3)cc2)n[n-]1.[c-]1ccccc1-c1ncco1.[c-]1ccccc1-c1nccs1.[c-]1ccccc1-n1cc(-c2ccc(-c3ccccc3)cc2)cn1.[c-]1ccccc1-n1cc(-c2ccc(-c3ccccc3)cc2)cn1. The second kappa shape index (κ2) is 41.5. The van der Waals surface area contributed by atoms with Gasteiger partial charge in [-0.25, -0.2) is 5.69 Å². The first kappa shape index (κ1) is 80.1. The fourth-order valence-electron chi connectivity index (χ4n) is 12.0. The van der Waals surface area contributed by atoms with Crippen LogP contribution in [-0.2, 0) is 42.1 Å². The van der Waals surface area contributed by atoms with E-state index in [0.29, 0.717) is 17.5 Å². The number of hydrogen-bond acceptors (Lipinski definition) is 9. The second-order valence-electron chi connectivity index (χ2n) is 25.5. The third-order valence-corrected chi connectivity index (χ3v) is 18.7. The number of aromatic nitrogens is 11. The Balaban J connectivity index is 0.000000123. The smallest absolute Gasteiger partial charge is 0.618 e. The van der Waals surface area contributed by atoms with Gasteiger partial charge < -0.3 is 24.7 Å². The molecule has 0 radical (unpaired) electrons. The molecule has 560 valence electrons. The number of para-hydroxylation sites is 2. The van der Waals surface area contributed by atoms with Crippen molar-refractivity contribution in [2.75, 3.05) is 0 Å². The molecule has 0 aliphatic heterocycles. The van der Waals surface area contributed by atoms with E-state index in [2.05, 4.69) is 252 Å². The molecule has 0 fully saturated rings. The van der Waals surface area contributed by atoms with Gasteiger partial charge in [-0.2, -0.15) is 81.2 Å². The molecule has 6 aromatic heterocycles. The maximum Gasteiger partial charge on any atom is 4.00 e. The van der Waals surface area contributed by atoms with Crippen LogP contribution in [-0.4, -0.2) is 44.7 Å². The van der Waals surface area contributed by atoms with E-state index in [1.807, 2.05) is 240 Å². The predicted octanol–water partition coefficient (Wildman–Crippen LogP) is 23.8. The molecule has 12 nitrogen and oxygen atoms in total. The number of benzene rings is 14. The Hall–Kier alpha value is -13.9. The average molecular weight is 1870 g/mol. The first-order valence-corrected chi connectivity index (χ1v) is 37.6. The van der Waals surface area contributed by atoms with E-state index in [-0.39, 0.29) is 42.1 Å². The Kier molecular flexibility index (Phi) is 28.7. The van der Waals surface area contributed by atoms with Crippen molar-refractivity contribution in [2.24, 2.45) is 0 Å². The topological polar surface area (TPSA) is 141 Å². The molecule has 0 aliphatic carbocycles. The molecule has 15 heteroatoms. The van der Waals surface area contributed by atoms with Gasteiger partial charge in [0.2, 0.25) is 0 Å². The van der Waals surface area contributed by atoms with Gasteiger partial charge >= 0.3 is 42.1 Å².